The Morgan fingerprint density at radius 2 is 2.14 bits per heavy atom. The number of nitrogens with two attached hydrogens (primary N) is 1. The third-order valence-electron chi connectivity index (χ3n) is 2.22. The molecule has 0 fully saturated rings. The first-order valence-electron chi connectivity index (χ1n) is 4.62. The molecule has 1 aromatic heterocycles. The molecule has 0 aliphatic rings. The van der Waals surface area contributed by atoms with Crippen LogP contribution in [0.25, 0.3) is 10.9 Å². The summed E-state index contributed by atoms with van der Waals surface area (Å²) in [5.74, 6) is 0. The topological polar surface area (TPSA) is 62.0 Å². The quantitative estimate of drug-likeness (QED) is 0.626. The Balaban J connectivity index is 2.44. The van der Waals surface area contributed by atoms with Gasteiger partial charge in [0.05, 0.1) is 0 Å². The van der Waals surface area contributed by atoms with E-state index < -0.39 is 5.72 Å². The van der Waals surface area contributed by atoms with Gasteiger partial charge >= 0.3 is 0 Å². The van der Waals surface area contributed by atoms with E-state index in [0.29, 0.717) is 6.42 Å². The lowest BCUT2D eigenvalue weighted by molar-refractivity contribution is 0.0680. The third kappa shape index (κ3) is 1.78. The Bertz CT molecular complexity index is 440. The molecule has 1 atom stereocenters. The largest absolute Gasteiger partial charge is 0.376 e. The van der Waals surface area contributed by atoms with E-state index in [2.05, 4.69) is 4.98 Å². The van der Waals surface area contributed by atoms with Crippen LogP contribution in [0.4, 0.5) is 0 Å². The average Bonchev–Trinajstić information content (AvgIpc) is 2.47. The van der Waals surface area contributed by atoms with E-state index in [9.17, 15) is 5.11 Å². The van der Waals surface area contributed by atoms with Crippen LogP contribution in [0.2, 0.25) is 0 Å². The molecular weight excluding hydrogens is 176 g/mol. The van der Waals surface area contributed by atoms with Gasteiger partial charge in [-0.15, -0.1) is 0 Å². The van der Waals surface area contributed by atoms with E-state index in [4.69, 9.17) is 5.73 Å². The minimum Gasteiger partial charge on any atom is -0.376 e. The zero-order valence-electron chi connectivity index (χ0n) is 8.12. The molecule has 1 aromatic carbocycles. The second-order valence-corrected chi connectivity index (χ2v) is 3.89. The highest BCUT2D eigenvalue weighted by Gasteiger charge is 2.16. The number of aromatic amines is 1. The molecule has 0 saturated heterocycles. The van der Waals surface area contributed by atoms with Crippen molar-refractivity contribution in [2.75, 3.05) is 0 Å². The lowest BCUT2D eigenvalue weighted by Gasteiger charge is -2.16. The smallest absolute Gasteiger partial charge is 0.114 e. The zero-order valence-corrected chi connectivity index (χ0v) is 8.12. The van der Waals surface area contributed by atoms with Gasteiger partial charge in [0.25, 0.3) is 0 Å². The SMILES string of the molecule is C[C@](N)(O)Cc1c[nH]c2ccccc12. The van der Waals surface area contributed by atoms with Gasteiger partial charge < -0.3 is 15.8 Å². The van der Waals surface area contributed by atoms with Crippen LogP contribution in [0.15, 0.2) is 30.5 Å². The van der Waals surface area contributed by atoms with Gasteiger partial charge in [0.2, 0.25) is 0 Å². The summed E-state index contributed by atoms with van der Waals surface area (Å²) in [7, 11) is 0. The van der Waals surface area contributed by atoms with E-state index >= 15 is 0 Å². The fourth-order valence-electron chi connectivity index (χ4n) is 1.66. The number of fused-ring (bicyclic) bond motifs is 1. The Morgan fingerprint density at radius 1 is 1.43 bits per heavy atom. The van der Waals surface area contributed by atoms with E-state index in [1.807, 2.05) is 30.5 Å². The van der Waals surface area contributed by atoms with Crippen LogP contribution in [0.3, 0.4) is 0 Å². The molecule has 3 heteroatoms. The first-order chi connectivity index (χ1) is 6.56. The molecule has 1 heterocycles. The van der Waals surface area contributed by atoms with Crippen LogP contribution < -0.4 is 5.73 Å². The highest BCUT2D eigenvalue weighted by molar-refractivity contribution is 5.83. The zero-order chi connectivity index (χ0) is 10.2. The minimum atomic E-state index is -1.15. The number of nitrogens with one attached hydrogen (secondary N) is 1. The predicted octanol–water partition coefficient (Wildman–Crippen LogP) is 1.38. The molecule has 0 spiro atoms. The fraction of sp³-hybridized carbons (Fsp3) is 0.273. The number of rotatable bonds is 2. The second kappa shape index (κ2) is 3.12. The summed E-state index contributed by atoms with van der Waals surface area (Å²) < 4.78 is 0. The van der Waals surface area contributed by atoms with Crippen molar-refractivity contribution in [3.8, 4) is 0 Å². The molecule has 2 aromatic rings. The van der Waals surface area contributed by atoms with Crippen LogP contribution in [0.1, 0.15) is 12.5 Å². The average molecular weight is 190 g/mol. The first-order valence-corrected chi connectivity index (χ1v) is 4.62. The first kappa shape index (κ1) is 9.24. The molecule has 74 valence electrons. The molecule has 0 saturated carbocycles. The Labute approximate surface area is 82.6 Å². The summed E-state index contributed by atoms with van der Waals surface area (Å²) in [5, 5.41) is 10.6. The standard InChI is InChI=1S/C11H14N2O/c1-11(12,14)6-8-7-13-10-5-3-2-4-9(8)10/h2-5,7,13-14H,6,12H2,1H3/t11-/m0/s1. The van der Waals surface area contributed by atoms with Crippen molar-refractivity contribution in [1.82, 2.24) is 4.98 Å². The van der Waals surface area contributed by atoms with Gasteiger partial charge in [-0.2, -0.15) is 0 Å². The molecular formula is C11H14N2O. The fourth-order valence-corrected chi connectivity index (χ4v) is 1.66. The van der Waals surface area contributed by atoms with Crippen molar-refractivity contribution >= 4 is 10.9 Å². The van der Waals surface area contributed by atoms with Gasteiger partial charge in [-0.1, -0.05) is 18.2 Å². The van der Waals surface area contributed by atoms with Crippen LogP contribution in [0.5, 0.6) is 0 Å². The molecule has 0 amide bonds. The third-order valence-corrected chi connectivity index (χ3v) is 2.22. The summed E-state index contributed by atoms with van der Waals surface area (Å²) in [4.78, 5) is 3.14. The van der Waals surface area contributed by atoms with Gasteiger partial charge in [-0.25, -0.2) is 0 Å². The van der Waals surface area contributed by atoms with E-state index in [1.165, 1.54) is 0 Å². The second-order valence-electron chi connectivity index (χ2n) is 3.89. The van der Waals surface area contributed by atoms with Crippen molar-refractivity contribution in [2.24, 2.45) is 5.73 Å². The van der Waals surface area contributed by atoms with Gasteiger partial charge in [0.15, 0.2) is 0 Å². The van der Waals surface area contributed by atoms with E-state index in [0.717, 1.165) is 16.5 Å². The Hall–Kier alpha value is -1.32. The van der Waals surface area contributed by atoms with Crippen LogP contribution in [-0.4, -0.2) is 15.8 Å². The molecule has 0 radical (unpaired) electrons. The number of aromatic nitrogens is 1. The highest BCUT2D eigenvalue weighted by Crippen LogP contribution is 2.20. The van der Waals surface area contributed by atoms with Gasteiger partial charge in [0.1, 0.15) is 5.72 Å². The monoisotopic (exact) mass is 190 g/mol. The van der Waals surface area contributed by atoms with E-state index in [1.54, 1.807) is 6.92 Å². The summed E-state index contributed by atoms with van der Waals surface area (Å²) in [6, 6.07) is 7.98. The molecule has 4 N–H and O–H groups in total. The number of para-hydroxylation sites is 1. The molecule has 0 bridgehead atoms. The van der Waals surface area contributed by atoms with Crippen LogP contribution in [-0.2, 0) is 6.42 Å². The summed E-state index contributed by atoms with van der Waals surface area (Å²) in [5.41, 5.74) is 6.54. The maximum absolute atomic E-state index is 9.51. The lowest BCUT2D eigenvalue weighted by Crippen LogP contribution is -2.37. The van der Waals surface area contributed by atoms with Gasteiger partial charge in [-0.3, -0.25) is 0 Å². The number of hydrogen-bond acceptors (Lipinski definition) is 2. The normalized spacial score (nSPS) is 15.6. The van der Waals surface area contributed by atoms with Crippen molar-refractivity contribution in [1.29, 1.82) is 0 Å². The number of hydrogen-bond donors (Lipinski definition) is 3. The molecule has 3 nitrogen and oxygen atoms in total. The van der Waals surface area contributed by atoms with Gasteiger partial charge in [0, 0.05) is 23.5 Å². The highest BCUT2D eigenvalue weighted by atomic mass is 16.3. The number of benzene rings is 1. The maximum atomic E-state index is 9.51. The van der Waals surface area contributed by atoms with Crippen molar-refractivity contribution in [2.45, 2.75) is 19.1 Å². The summed E-state index contributed by atoms with van der Waals surface area (Å²) in [6.07, 6.45) is 2.35. The Morgan fingerprint density at radius 3 is 2.86 bits per heavy atom. The summed E-state index contributed by atoms with van der Waals surface area (Å²) >= 11 is 0. The van der Waals surface area contributed by atoms with Crippen molar-refractivity contribution < 1.29 is 5.11 Å². The number of H-pyrrole nitrogens is 1. The lowest BCUT2D eigenvalue weighted by atomic mass is 10.0. The molecule has 2 rings (SSSR count). The van der Waals surface area contributed by atoms with Crippen molar-refractivity contribution in [3.63, 3.8) is 0 Å². The molecule has 0 unspecified atom stereocenters. The van der Waals surface area contributed by atoms with Crippen molar-refractivity contribution in [3.05, 3.63) is 36.0 Å². The molecule has 0 aliphatic carbocycles. The maximum Gasteiger partial charge on any atom is 0.114 e. The minimum absolute atomic E-state index is 0.455. The van der Waals surface area contributed by atoms with Crippen LogP contribution >= 0.6 is 0 Å². The Kier molecular flexibility index (Phi) is 2.06. The molecule has 14 heavy (non-hydrogen) atoms. The molecule has 0 aliphatic heterocycles. The predicted molar refractivity (Wildman–Crippen MR) is 56.8 cm³/mol. The van der Waals surface area contributed by atoms with Gasteiger partial charge in [-0.05, 0) is 18.6 Å². The summed E-state index contributed by atoms with van der Waals surface area (Å²) in [6.45, 7) is 1.61. The number of aliphatic hydroxyl groups is 1. The van der Waals surface area contributed by atoms with E-state index in [-0.39, 0.29) is 0 Å². The van der Waals surface area contributed by atoms with Crippen LogP contribution in [0, 0.1) is 0 Å².